The summed E-state index contributed by atoms with van der Waals surface area (Å²) in [5, 5.41) is 7.36. The van der Waals surface area contributed by atoms with E-state index in [4.69, 9.17) is 20.8 Å². The number of nitrogens with one attached hydrogen (secondary N) is 1. The van der Waals surface area contributed by atoms with Gasteiger partial charge in [0.15, 0.2) is 17.2 Å². The Morgan fingerprint density at radius 3 is 2.79 bits per heavy atom. The maximum Gasteiger partial charge on any atom is 0.234 e. The fourth-order valence-corrected chi connectivity index (χ4v) is 3.44. The zero-order chi connectivity index (χ0) is 20.4. The van der Waals surface area contributed by atoms with E-state index in [1.54, 1.807) is 0 Å². The Kier molecular flexibility index (Phi) is 5.68. The number of alkyl halides is 1. The number of morpholine rings is 1. The van der Waals surface area contributed by atoms with Gasteiger partial charge in [-0.3, -0.25) is 9.48 Å². The lowest BCUT2D eigenvalue weighted by Gasteiger charge is -2.27. The van der Waals surface area contributed by atoms with E-state index in [0.29, 0.717) is 43.5 Å². The number of anilines is 1. The lowest BCUT2D eigenvalue weighted by molar-refractivity contribution is -0.118. The summed E-state index contributed by atoms with van der Waals surface area (Å²) in [4.78, 5) is 22.6. The molecule has 1 saturated heterocycles. The Morgan fingerprint density at radius 1 is 1.24 bits per heavy atom. The highest BCUT2D eigenvalue weighted by atomic mass is 35.5. The van der Waals surface area contributed by atoms with Gasteiger partial charge in [0.25, 0.3) is 0 Å². The summed E-state index contributed by atoms with van der Waals surface area (Å²) >= 11 is 5.50. The monoisotopic (exact) mass is 418 g/mol. The van der Waals surface area contributed by atoms with E-state index in [9.17, 15) is 4.79 Å². The van der Waals surface area contributed by atoms with Crippen LogP contribution in [0.5, 0.6) is 0 Å². The van der Waals surface area contributed by atoms with Gasteiger partial charge in [-0.05, 0) is 19.9 Å². The van der Waals surface area contributed by atoms with Crippen molar-refractivity contribution in [1.29, 1.82) is 0 Å². The van der Waals surface area contributed by atoms with Crippen LogP contribution in [0.2, 0.25) is 0 Å². The summed E-state index contributed by atoms with van der Waals surface area (Å²) in [6.07, 6.45) is 0. The van der Waals surface area contributed by atoms with Crippen molar-refractivity contribution < 1.29 is 13.9 Å². The second-order valence-electron chi connectivity index (χ2n) is 6.90. The van der Waals surface area contributed by atoms with E-state index in [1.165, 1.54) is 0 Å². The maximum absolute atomic E-state index is 11.3. The van der Waals surface area contributed by atoms with Gasteiger partial charge < -0.3 is 19.4 Å². The Hall–Kier alpha value is -2.65. The number of rotatable bonds is 6. The highest BCUT2D eigenvalue weighted by molar-refractivity contribution is 6.27. The molecule has 29 heavy (non-hydrogen) atoms. The lowest BCUT2D eigenvalue weighted by atomic mass is 10.3. The average molecular weight is 419 g/mol. The zero-order valence-corrected chi connectivity index (χ0v) is 17.2. The molecule has 0 bridgehead atoms. The molecule has 4 rings (SSSR count). The number of furan rings is 1. The van der Waals surface area contributed by atoms with E-state index < -0.39 is 0 Å². The lowest BCUT2D eigenvalue weighted by Crippen LogP contribution is -2.37. The van der Waals surface area contributed by atoms with Gasteiger partial charge in [0.05, 0.1) is 19.8 Å². The first-order chi connectivity index (χ1) is 14.0. The second-order valence-corrected chi connectivity index (χ2v) is 7.16. The van der Waals surface area contributed by atoms with Crippen LogP contribution in [0, 0.1) is 13.8 Å². The molecule has 0 radical (unpaired) electrons. The molecule has 1 aliphatic rings. The van der Waals surface area contributed by atoms with Crippen LogP contribution in [0.4, 0.5) is 5.82 Å². The number of hydrogen-bond donors (Lipinski definition) is 1. The van der Waals surface area contributed by atoms with Gasteiger partial charge in [0.1, 0.15) is 22.9 Å². The number of aromatic nitrogens is 4. The van der Waals surface area contributed by atoms with Gasteiger partial charge in [0.2, 0.25) is 5.91 Å². The minimum absolute atomic E-state index is 0.0474. The summed E-state index contributed by atoms with van der Waals surface area (Å²) in [5.41, 5.74) is 3.11. The highest BCUT2D eigenvalue weighted by Crippen LogP contribution is 2.32. The van der Waals surface area contributed by atoms with Crippen molar-refractivity contribution in [3.8, 4) is 11.5 Å². The van der Waals surface area contributed by atoms with Crippen LogP contribution in [0.3, 0.4) is 0 Å². The summed E-state index contributed by atoms with van der Waals surface area (Å²) in [5.74, 6) is 1.89. The largest absolute Gasteiger partial charge is 0.449 e. The number of carbonyl (C=O) groups excluding carboxylic acids is 1. The smallest absolute Gasteiger partial charge is 0.234 e. The highest BCUT2D eigenvalue weighted by Gasteiger charge is 2.21. The van der Waals surface area contributed by atoms with Gasteiger partial charge >= 0.3 is 0 Å². The quantitative estimate of drug-likeness (QED) is 0.610. The third kappa shape index (κ3) is 4.20. The SMILES string of the molecule is Cc1nc(N2CCOCC2)c2oc(-c3cc(C)n(CCNC(=O)CCl)n3)cc2n1. The molecule has 0 unspecified atom stereocenters. The number of amides is 1. The molecule has 0 aliphatic carbocycles. The molecular weight excluding hydrogens is 396 g/mol. The van der Waals surface area contributed by atoms with Gasteiger partial charge in [0, 0.05) is 31.4 Å². The summed E-state index contributed by atoms with van der Waals surface area (Å²) in [7, 11) is 0. The Bertz CT molecular complexity index is 1020. The standard InChI is InChI=1S/C19H23ClN6O3/c1-12-9-14(24-26(12)4-3-21-17(27)11-20)16-10-15-18(29-16)19(23-13(2)22-15)25-5-7-28-8-6-25/h9-10H,3-8,11H2,1-2H3,(H,21,27). The molecule has 4 heterocycles. The Labute approximate surface area is 173 Å². The number of halogens is 1. The fourth-order valence-electron chi connectivity index (χ4n) is 3.35. The van der Waals surface area contributed by atoms with Crippen LogP contribution in [0.15, 0.2) is 16.5 Å². The van der Waals surface area contributed by atoms with Gasteiger partial charge in [-0.15, -0.1) is 11.6 Å². The number of carbonyl (C=O) groups is 1. The molecule has 1 fully saturated rings. The zero-order valence-electron chi connectivity index (χ0n) is 16.4. The second kappa shape index (κ2) is 8.38. The Balaban J connectivity index is 1.61. The number of fused-ring (bicyclic) bond motifs is 1. The fraction of sp³-hybridized carbons (Fsp3) is 0.474. The van der Waals surface area contributed by atoms with E-state index in [2.05, 4.69) is 25.3 Å². The minimum atomic E-state index is -0.196. The van der Waals surface area contributed by atoms with Crippen molar-refractivity contribution in [2.45, 2.75) is 20.4 Å². The molecule has 0 aromatic carbocycles. The predicted octanol–water partition coefficient (Wildman–Crippen LogP) is 1.89. The van der Waals surface area contributed by atoms with Crippen molar-refractivity contribution in [2.24, 2.45) is 0 Å². The van der Waals surface area contributed by atoms with Gasteiger partial charge in [-0.1, -0.05) is 0 Å². The molecular formula is C19H23ClN6O3. The molecule has 0 atom stereocenters. The topological polar surface area (TPSA) is 98.3 Å². The number of hydrogen-bond acceptors (Lipinski definition) is 7. The minimum Gasteiger partial charge on any atom is -0.449 e. The molecule has 154 valence electrons. The van der Waals surface area contributed by atoms with E-state index in [1.807, 2.05) is 30.7 Å². The van der Waals surface area contributed by atoms with Gasteiger partial charge in [-0.2, -0.15) is 5.10 Å². The van der Waals surface area contributed by atoms with Crippen LogP contribution in [0.25, 0.3) is 22.6 Å². The van der Waals surface area contributed by atoms with E-state index in [-0.39, 0.29) is 11.8 Å². The predicted molar refractivity (Wildman–Crippen MR) is 109 cm³/mol. The number of ether oxygens (including phenoxy) is 1. The first-order valence-electron chi connectivity index (χ1n) is 9.53. The maximum atomic E-state index is 11.3. The molecule has 9 nitrogen and oxygen atoms in total. The van der Waals surface area contributed by atoms with Crippen molar-refractivity contribution in [3.63, 3.8) is 0 Å². The van der Waals surface area contributed by atoms with Crippen molar-refractivity contribution in [2.75, 3.05) is 43.6 Å². The van der Waals surface area contributed by atoms with Crippen LogP contribution in [-0.2, 0) is 16.1 Å². The first kappa shape index (κ1) is 19.7. The van der Waals surface area contributed by atoms with E-state index in [0.717, 1.165) is 35.8 Å². The molecule has 1 aliphatic heterocycles. The molecule has 3 aromatic heterocycles. The summed E-state index contributed by atoms with van der Waals surface area (Å²) < 4.78 is 13.4. The molecule has 10 heteroatoms. The first-order valence-corrected chi connectivity index (χ1v) is 10.1. The number of aryl methyl sites for hydroxylation is 2. The van der Waals surface area contributed by atoms with Crippen molar-refractivity contribution >= 4 is 34.4 Å². The van der Waals surface area contributed by atoms with Crippen LogP contribution in [-0.4, -0.2) is 64.4 Å². The summed E-state index contributed by atoms with van der Waals surface area (Å²) in [6.45, 7) is 7.72. The van der Waals surface area contributed by atoms with Crippen LogP contribution < -0.4 is 10.2 Å². The third-order valence-electron chi connectivity index (χ3n) is 4.78. The number of nitrogens with zero attached hydrogens (tertiary/aromatic N) is 5. The normalized spacial score (nSPS) is 14.5. The molecule has 0 spiro atoms. The Morgan fingerprint density at radius 2 is 2.03 bits per heavy atom. The van der Waals surface area contributed by atoms with Crippen molar-refractivity contribution in [3.05, 3.63) is 23.7 Å². The van der Waals surface area contributed by atoms with Crippen LogP contribution in [0.1, 0.15) is 11.5 Å². The van der Waals surface area contributed by atoms with Crippen LogP contribution >= 0.6 is 11.6 Å². The van der Waals surface area contributed by atoms with E-state index >= 15 is 0 Å². The molecule has 3 aromatic rings. The molecule has 1 amide bonds. The average Bonchev–Trinajstić information content (AvgIpc) is 3.31. The van der Waals surface area contributed by atoms with Gasteiger partial charge in [-0.25, -0.2) is 9.97 Å². The summed E-state index contributed by atoms with van der Waals surface area (Å²) in [6, 6.07) is 3.85. The molecule has 0 saturated carbocycles. The molecule has 1 N–H and O–H groups in total. The van der Waals surface area contributed by atoms with Crippen molar-refractivity contribution in [1.82, 2.24) is 25.1 Å². The third-order valence-corrected chi connectivity index (χ3v) is 5.02.